The molecule has 0 bridgehead atoms. The second-order valence-corrected chi connectivity index (χ2v) is 3.23. The van der Waals surface area contributed by atoms with Gasteiger partial charge in [0.2, 0.25) is 0 Å². The molecular formula is C8H16N2. The lowest BCUT2D eigenvalue weighted by Crippen LogP contribution is -2.40. The Kier molecular flexibility index (Phi) is 2.44. The molecule has 0 amide bonds. The first-order valence-electron chi connectivity index (χ1n) is 3.96. The minimum absolute atomic E-state index is 0.496. The van der Waals surface area contributed by atoms with Crippen molar-refractivity contribution >= 4 is 6.21 Å². The standard InChI is InChI=1S/C8H16N2/c1-7(2)10-5-4-9-8(3)6-10/h4,7-8H,5-6H2,1-3H3/t8-/m0/s1. The molecule has 0 aliphatic carbocycles. The van der Waals surface area contributed by atoms with Gasteiger partial charge in [0.25, 0.3) is 0 Å². The van der Waals surface area contributed by atoms with Crippen molar-refractivity contribution in [3.05, 3.63) is 0 Å². The summed E-state index contributed by atoms with van der Waals surface area (Å²) in [4.78, 5) is 6.72. The van der Waals surface area contributed by atoms with Crippen LogP contribution in [0, 0.1) is 0 Å². The van der Waals surface area contributed by atoms with Crippen LogP contribution in [0.5, 0.6) is 0 Å². The molecule has 1 heterocycles. The first kappa shape index (κ1) is 7.73. The van der Waals surface area contributed by atoms with Gasteiger partial charge in [-0.25, -0.2) is 0 Å². The molecule has 0 N–H and O–H groups in total. The van der Waals surface area contributed by atoms with E-state index in [0.717, 1.165) is 13.1 Å². The van der Waals surface area contributed by atoms with Crippen molar-refractivity contribution in [1.82, 2.24) is 4.90 Å². The van der Waals surface area contributed by atoms with Crippen molar-refractivity contribution in [2.24, 2.45) is 4.99 Å². The maximum atomic E-state index is 4.30. The lowest BCUT2D eigenvalue weighted by Gasteiger charge is -2.29. The Morgan fingerprint density at radius 1 is 1.60 bits per heavy atom. The van der Waals surface area contributed by atoms with Crippen LogP contribution in [0.1, 0.15) is 20.8 Å². The summed E-state index contributed by atoms with van der Waals surface area (Å²) in [5.41, 5.74) is 0. The summed E-state index contributed by atoms with van der Waals surface area (Å²) >= 11 is 0. The smallest absolute Gasteiger partial charge is 0.0595 e. The Morgan fingerprint density at radius 3 is 2.70 bits per heavy atom. The highest BCUT2D eigenvalue weighted by atomic mass is 15.2. The van der Waals surface area contributed by atoms with Gasteiger partial charge >= 0.3 is 0 Å². The van der Waals surface area contributed by atoms with Crippen LogP contribution in [0.25, 0.3) is 0 Å². The van der Waals surface area contributed by atoms with Crippen LogP contribution >= 0.6 is 0 Å². The van der Waals surface area contributed by atoms with Gasteiger partial charge in [0.1, 0.15) is 0 Å². The summed E-state index contributed by atoms with van der Waals surface area (Å²) in [5, 5.41) is 0. The molecule has 1 atom stereocenters. The molecule has 0 radical (unpaired) electrons. The number of aliphatic imine (C=N–C) groups is 1. The highest BCUT2D eigenvalue weighted by Crippen LogP contribution is 2.04. The maximum absolute atomic E-state index is 4.30. The van der Waals surface area contributed by atoms with Crippen molar-refractivity contribution in [2.45, 2.75) is 32.9 Å². The lowest BCUT2D eigenvalue weighted by atomic mass is 10.2. The predicted molar refractivity (Wildman–Crippen MR) is 44.7 cm³/mol. The second kappa shape index (κ2) is 3.15. The van der Waals surface area contributed by atoms with E-state index in [0.29, 0.717) is 12.1 Å². The Hall–Kier alpha value is -0.370. The second-order valence-electron chi connectivity index (χ2n) is 3.23. The molecule has 0 unspecified atom stereocenters. The van der Waals surface area contributed by atoms with Crippen LogP contribution in [0.15, 0.2) is 4.99 Å². The third kappa shape index (κ3) is 1.81. The van der Waals surface area contributed by atoms with Crippen molar-refractivity contribution < 1.29 is 0 Å². The van der Waals surface area contributed by atoms with E-state index in [-0.39, 0.29) is 0 Å². The third-order valence-electron chi connectivity index (χ3n) is 1.91. The average Bonchev–Trinajstić information content (AvgIpc) is 1.88. The fraction of sp³-hybridized carbons (Fsp3) is 0.875. The van der Waals surface area contributed by atoms with Crippen molar-refractivity contribution in [3.63, 3.8) is 0 Å². The van der Waals surface area contributed by atoms with Crippen molar-refractivity contribution in [2.75, 3.05) is 13.1 Å². The van der Waals surface area contributed by atoms with Gasteiger partial charge in [0, 0.05) is 25.3 Å². The SMILES string of the molecule is CC(C)N1CC=N[C@@H](C)C1. The summed E-state index contributed by atoms with van der Waals surface area (Å²) in [6.45, 7) is 8.76. The summed E-state index contributed by atoms with van der Waals surface area (Å²) in [6, 6.07) is 1.16. The Bertz CT molecular complexity index is 129. The molecular weight excluding hydrogens is 124 g/mol. The number of nitrogens with zero attached hydrogens (tertiary/aromatic N) is 2. The van der Waals surface area contributed by atoms with Gasteiger partial charge in [0.05, 0.1) is 6.04 Å². The number of hydrogen-bond donors (Lipinski definition) is 0. The van der Waals surface area contributed by atoms with Gasteiger partial charge in [0.15, 0.2) is 0 Å². The van der Waals surface area contributed by atoms with Gasteiger partial charge in [-0.2, -0.15) is 0 Å². The maximum Gasteiger partial charge on any atom is 0.0595 e. The van der Waals surface area contributed by atoms with Gasteiger partial charge in [-0.05, 0) is 20.8 Å². The Morgan fingerprint density at radius 2 is 2.30 bits per heavy atom. The van der Waals surface area contributed by atoms with E-state index in [1.165, 1.54) is 0 Å². The summed E-state index contributed by atoms with van der Waals surface area (Å²) in [6.07, 6.45) is 2.02. The van der Waals surface area contributed by atoms with Crippen molar-refractivity contribution in [1.29, 1.82) is 0 Å². The fourth-order valence-electron chi connectivity index (χ4n) is 1.21. The number of rotatable bonds is 1. The highest BCUT2D eigenvalue weighted by molar-refractivity contribution is 5.60. The zero-order valence-corrected chi connectivity index (χ0v) is 7.04. The monoisotopic (exact) mass is 140 g/mol. The molecule has 2 nitrogen and oxygen atoms in total. The van der Waals surface area contributed by atoms with Crippen LogP contribution in [-0.4, -0.2) is 36.3 Å². The first-order valence-corrected chi connectivity index (χ1v) is 3.96. The lowest BCUT2D eigenvalue weighted by molar-refractivity contribution is 0.235. The third-order valence-corrected chi connectivity index (χ3v) is 1.91. The molecule has 2 heteroatoms. The van der Waals surface area contributed by atoms with Crippen LogP contribution in [0.4, 0.5) is 0 Å². The number of hydrogen-bond acceptors (Lipinski definition) is 2. The Balaban J connectivity index is 2.44. The van der Waals surface area contributed by atoms with E-state index in [2.05, 4.69) is 30.7 Å². The van der Waals surface area contributed by atoms with E-state index in [4.69, 9.17) is 0 Å². The zero-order chi connectivity index (χ0) is 7.56. The Labute approximate surface area is 62.9 Å². The molecule has 0 spiro atoms. The van der Waals surface area contributed by atoms with E-state index < -0.39 is 0 Å². The molecule has 1 aliphatic heterocycles. The molecule has 1 aliphatic rings. The van der Waals surface area contributed by atoms with Crippen LogP contribution in [-0.2, 0) is 0 Å². The summed E-state index contributed by atoms with van der Waals surface area (Å²) in [7, 11) is 0. The van der Waals surface area contributed by atoms with E-state index in [9.17, 15) is 0 Å². The van der Waals surface area contributed by atoms with Crippen LogP contribution in [0.3, 0.4) is 0 Å². The van der Waals surface area contributed by atoms with Gasteiger partial charge in [-0.1, -0.05) is 0 Å². The molecule has 0 saturated carbocycles. The predicted octanol–water partition coefficient (Wildman–Crippen LogP) is 1.17. The van der Waals surface area contributed by atoms with E-state index in [1.54, 1.807) is 0 Å². The molecule has 0 saturated heterocycles. The topological polar surface area (TPSA) is 15.6 Å². The van der Waals surface area contributed by atoms with Gasteiger partial charge in [-0.3, -0.25) is 9.89 Å². The molecule has 10 heavy (non-hydrogen) atoms. The van der Waals surface area contributed by atoms with Crippen LogP contribution in [0.2, 0.25) is 0 Å². The molecule has 0 aromatic heterocycles. The summed E-state index contributed by atoms with van der Waals surface area (Å²) < 4.78 is 0. The minimum atomic E-state index is 0.496. The zero-order valence-electron chi connectivity index (χ0n) is 7.04. The van der Waals surface area contributed by atoms with E-state index in [1.807, 2.05) is 6.21 Å². The van der Waals surface area contributed by atoms with Crippen LogP contribution < -0.4 is 0 Å². The molecule has 58 valence electrons. The molecule has 0 aromatic carbocycles. The largest absolute Gasteiger partial charge is 0.294 e. The average molecular weight is 140 g/mol. The van der Waals surface area contributed by atoms with E-state index >= 15 is 0 Å². The van der Waals surface area contributed by atoms with Gasteiger partial charge in [-0.15, -0.1) is 0 Å². The minimum Gasteiger partial charge on any atom is -0.294 e. The first-order chi connectivity index (χ1) is 4.70. The fourth-order valence-corrected chi connectivity index (χ4v) is 1.21. The molecule has 1 rings (SSSR count). The van der Waals surface area contributed by atoms with Crippen molar-refractivity contribution in [3.8, 4) is 0 Å². The quantitative estimate of drug-likeness (QED) is 0.534. The molecule has 0 aromatic rings. The van der Waals surface area contributed by atoms with Gasteiger partial charge < -0.3 is 0 Å². The molecule has 0 fully saturated rings. The summed E-state index contributed by atoms with van der Waals surface area (Å²) in [5.74, 6) is 0. The normalized spacial score (nSPS) is 27.8. The highest BCUT2D eigenvalue weighted by Gasteiger charge is 2.14.